The SMILES string of the molecule is CSc1cc(C)c(C(Nc2ncc(Br)cc2Br)C(=O)O)o1. The van der Waals surface area contributed by atoms with E-state index in [1.54, 1.807) is 12.3 Å². The predicted octanol–water partition coefficient (Wildman–Crippen LogP) is 4.47. The molecule has 1 unspecified atom stereocenters. The largest absolute Gasteiger partial charge is 0.479 e. The van der Waals surface area contributed by atoms with Crippen molar-refractivity contribution in [3.8, 4) is 0 Å². The van der Waals surface area contributed by atoms with Crippen LogP contribution in [0.3, 0.4) is 0 Å². The first-order valence-electron chi connectivity index (χ1n) is 5.87. The fourth-order valence-corrected chi connectivity index (χ4v) is 3.32. The molecule has 2 aromatic heterocycles. The average Bonchev–Trinajstić information content (AvgIpc) is 2.78. The molecule has 8 heteroatoms. The normalized spacial score (nSPS) is 12.2. The molecule has 0 amide bonds. The molecule has 0 fully saturated rings. The number of carboxylic acid groups (broad SMARTS) is 1. The number of pyridine rings is 1. The van der Waals surface area contributed by atoms with Crippen LogP contribution in [-0.2, 0) is 4.79 Å². The molecule has 0 aliphatic rings. The van der Waals surface area contributed by atoms with E-state index in [4.69, 9.17) is 4.42 Å². The van der Waals surface area contributed by atoms with Crippen LogP contribution in [0.1, 0.15) is 17.4 Å². The number of nitrogens with one attached hydrogen (secondary N) is 1. The average molecular weight is 436 g/mol. The lowest BCUT2D eigenvalue weighted by atomic mass is 10.1. The quantitative estimate of drug-likeness (QED) is 0.675. The van der Waals surface area contributed by atoms with Gasteiger partial charge in [-0.05, 0) is 62.7 Å². The summed E-state index contributed by atoms with van der Waals surface area (Å²) >= 11 is 8.08. The van der Waals surface area contributed by atoms with E-state index < -0.39 is 12.0 Å². The van der Waals surface area contributed by atoms with Crippen LogP contribution in [0, 0.1) is 6.92 Å². The number of hydrogen-bond acceptors (Lipinski definition) is 5. The van der Waals surface area contributed by atoms with Gasteiger partial charge in [0.15, 0.2) is 11.1 Å². The maximum Gasteiger partial charge on any atom is 0.334 e. The summed E-state index contributed by atoms with van der Waals surface area (Å²) in [7, 11) is 0. The first-order chi connectivity index (χ1) is 9.92. The lowest BCUT2D eigenvalue weighted by Crippen LogP contribution is -2.21. The third kappa shape index (κ3) is 3.81. The van der Waals surface area contributed by atoms with Gasteiger partial charge in [-0.15, -0.1) is 0 Å². The second-order valence-corrected chi connectivity index (χ2v) is 6.80. The first-order valence-corrected chi connectivity index (χ1v) is 8.68. The third-order valence-corrected chi connectivity index (χ3v) is 4.37. The standard InChI is InChI=1S/C13H12Br2N2O3S/c1-6-3-9(21-2)20-11(6)10(13(18)19)17-12-8(15)4-7(14)5-16-12/h3-5,10H,1-2H3,(H,16,17)(H,18,19). The molecule has 0 aliphatic carbocycles. The number of rotatable bonds is 5. The molecule has 2 N–H and O–H groups in total. The van der Waals surface area contributed by atoms with Gasteiger partial charge in [-0.2, -0.15) is 0 Å². The minimum Gasteiger partial charge on any atom is -0.479 e. The molecule has 0 saturated carbocycles. The van der Waals surface area contributed by atoms with E-state index in [-0.39, 0.29) is 0 Å². The van der Waals surface area contributed by atoms with Crippen molar-refractivity contribution in [2.24, 2.45) is 0 Å². The lowest BCUT2D eigenvalue weighted by molar-refractivity contribution is -0.138. The second kappa shape index (κ2) is 6.85. The second-order valence-electron chi connectivity index (χ2n) is 4.22. The monoisotopic (exact) mass is 434 g/mol. The van der Waals surface area contributed by atoms with Crippen molar-refractivity contribution in [3.05, 3.63) is 38.6 Å². The van der Waals surface area contributed by atoms with Crippen LogP contribution < -0.4 is 5.32 Å². The van der Waals surface area contributed by atoms with Gasteiger partial charge in [-0.1, -0.05) is 11.8 Å². The highest BCUT2D eigenvalue weighted by atomic mass is 79.9. The van der Waals surface area contributed by atoms with E-state index in [1.807, 2.05) is 19.2 Å². The summed E-state index contributed by atoms with van der Waals surface area (Å²) in [6.45, 7) is 1.82. The lowest BCUT2D eigenvalue weighted by Gasteiger charge is -2.15. The Morgan fingerprint density at radius 3 is 2.71 bits per heavy atom. The molecule has 112 valence electrons. The van der Waals surface area contributed by atoms with Gasteiger partial charge < -0.3 is 14.8 Å². The molecule has 0 radical (unpaired) electrons. The summed E-state index contributed by atoms with van der Waals surface area (Å²) in [6, 6.07) is 2.61. The van der Waals surface area contributed by atoms with E-state index >= 15 is 0 Å². The van der Waals surface area contributed by atoms with Crippen LogP contribution in [0.2, 0.25) is 0 Å². The zero-order valence-electron chi connectivity index (χ0n) is 11.2. The van der Waals surface area contributed by atoms with E-state index in [9.17, 15) is 9.90 Å². The zero-order chi connectivity index (χ0) is 15.6. The topological polar surface area (TPSA) is 75.4 Å². The number of halogens is 2. The predicted molar refractivity (Wildman–Crippen MR) is 88.9 cm³/mol. The van der Waals surface area contributed by atoms with Crippen molar-refractivity contribution < 1.29 is 14.3 Å². The third-order valence-electron chi connectivity index (χ3n) is 2.73. The summed E-state index contributed by atoms with van der Waals surface area (Å²) in [5.74, 6) is -0.215. The molecule has 1 atom stereocenters. The summed E-state index contributed by atoms with van der Waals surface area (Å²) in [6.07, 6.45) is 3.46. The van der Waals surface area contributed by atoms with Crippen molar-refractivity contribution in [1.82, 2.24) is 4.98 Å². The van der Waals surface area contributed by atoms with Gasteiger partial charge in [0.1, 0.15) is 11.6 Å². The summed E-state index contributed by atoms with van der Waals surface area (Å²) in [4.78, 5) is 15.7. The zero-order valence-corrected chi connectivity index (χ0v) is 15.2. The van der Waals surface area contributed by atoms with Gasteiger partial charge in [0.2, 0.25) is 0 Å². The Labute approximate surface area is 142 Å². The Balaban J connectivity index is 2.35. The number of aromatic nitrogens is 1. The van der Waals surface area contributed by atoms with Crippen LogP contribution >= 0.6 is 43.6 Å². The molecular weight excluding hydrogens is 424 g/mol. The van der Waals surface area contributed by atoms with Crippen molar-refractivity contribution >= 4 is 55.4 Å². The number of anilines is 1. The van der Waals surface area contributed by atoms with Gasteiger partial charge in [0.05, 0.1) is 4.47 Å². The van der Waals surface area contributed by atoms with Crippen molar-refractivity contribution in [2.45, 2.75) is 18.1 Å². The molecule has 0 saturated heterocycles. The fraction of sp³-hybridized carbons (Fsp3) is 0.231. The van der Waals surface area contributed by atoms with Gasteiger partial charge in [-0.3, -0.25) is 0 Å². The molecule has 2 rings (SSSR count). The van der Waals surface area contributed by atoms with Crippen LogP contribution in [-0.4, -0.2) is 22.3 Å². The van der Waals surface area contributed by atoms with Gasteiger partial charge in [0.25, 0.3) is 0 Å². The minimum absolute atomic E-state index is 0.378. The molecule has 0 spiro atoms. The van der Waals surface area contributed by atoms with E-state index in [1.165, 1.54) is 11.8 Å². The molecule has 2 aromatic rings. The molecular formula is C13H12Br2N2O3S. The molecule has 21 heavy (non-hydrogen) atoms. The number of nitrogens with zero attached hydrogens (tertiary/aromatic N) is 1. The van der Waals surface area contributed by atoms with Gasteiger partial charge in [0, 0.05) is 10.7 Å². The van der Waals surface area contributed by atoms with Crippen molar-refractivity contribution in [2.75, 3.05) is 11.6 Å². The Kier molecular flexibility index (Phi) is 5.34. The summed E-state index contributed by atoms with van der Waals surface area (Å²) < 4.78 is 7.05. The van der Waals surface area contributed by atoms with Crippen LogP contribution in [0.15, 0.2) is 36.8 Å². The van der Waals surface area contributed by atoms with Crippen LogP contribution in [0.4, 0.5) is 5.82 Å². The number of carboxylic acids is 1. The van der Waals surface area contributed by atoms with E-state index in [0.717, 1.165) is 10.0 Å². The molecule has 2 heterocycles. The maximum atomic E-state index is 11.6. The first kappa shape index (κ1) is 16.4. The maximum absolute atomic E-state index is 11.6. The Bertz CT molecular complexity index is 675. The van der Waals surface area contributed by atoms with Gasteiger partial charge >= 0.3 is 5.97 Å². The van der Waals surface area contributed by atoms with E-state index in [2.05, 4.69) is 42.2 Å². The van der Waals surface area contributed by atoms with Crippen molar-refractivity contribution in [1.29, 1.82) is 0 Å². The highest BCUT2D eigenvalue weighted by Gasteiger charge is 2.27. The summed E-state index contributed by atoms with van der Waals surface area (Å²) in [5, 5.41) is 13.0. The summed E-state index contributed by atoms with van der Waals surface area (Å²) in [5.41, 5.74) is 0.785. The molecule has 0 aliphatic heterocycles. The fourth-order valence-electron chi connectivity index (χ4n) is 1.75. The molecule has 5 nitrogen and oxygen atoms in total. The Morgan fingerprint density at radius 2 is 2.19 bits per heavy atom. The van der Waals surface area contributed by atoms with Gasteiger partial charge in [-0.25, -0.2) is 9.78 Å². The number of thioether (sulfide) groups is 1. The number of aliphatic carboxylic acids is 1. The number of carbonyl (C=O) groups is 1. The Morgan fingerprint density at radius 1 is 1.48 bits per heavy atom. The van der Waals surface area contributed by atoms with Crippen molar-refractivity contribution in [3.63, 3.8) is 0 Å². The van der Waals surface area contributed by atoms with Crippen LogP contribution in [0.25, 0.3) is 0 Å². The minimum atomic E-state index is -1.03. The highest BCUT2D eigenvalue weighted by molar-refractivity contribution is 9.11. The van der Waals surface area contributed by atoms with Crippen LogP contribution in [0.5, 0.6) is 0 Å². The molecule has 0 bridgehead atoms. The highest BCUT2D eigenvalue weighted by Crippen LogP contribution is 2.31. The number of hydrogen-bond donors (Lipinski definition) is 2. The Hall–Kier alpha value is -0.990. The smallest absolute Gasteiger partial charge is 0.334 e. The number of aryl methyl sites for hydroxylation is 1. The number of furan rings is 1. The molecule has 0 aromatic carbocycles. The van der Waals surface area contributed by atoms with E-state index in [0.29, 0.717) is 21.1 Å².